The minimum atomic E-state index is -0.389. The topological polar surface area (TPSA) is 43.1 Å². The maximum Gasteiger partial charge on any atom is 0.152 e. The largest absolute Gasteiger partial charge is 0.321 e. The van der Waals surface area contributed by atoms with Crippen LogP contribution in [0.3, 0.4) is 0 Å². The molecule has 0 fully saturated rings. The van der Waals surface area contributed by atoms with E-state index in [1.165, 1.54) is 11.1 Å². The van der Waals surface area contributed by atoms with Gasteiger partial charge >= 0.3 is 0 Å². The van der Waals surface area contributed by atoms with Gasteiger partial charge in [-0.25, -0.2) is 0 Å². The van der Waals surface area contributed by atoms with E-state index in [0.29, 0.717) is 6.42 Å². The lowest BCUT2D eigenvalue weighted by Crippen LogP contribution is -2.36. The summed E-state index contributed by atoms with van der Waals surface area (Å²) in [6.45, 7) is 3.97. The highest BCUT2D eigenvalue weighted by molar-refractivity contribution is 5.86. The number of nitrogens with two attached hydrogens (primary N) is 1. The Bertz CT molecular complexity index is 539. The zero-order valence-electron chi connectivity index (χ0n) is 13.0. The lowest BCUT2D eigenvalue weighted by molar-refractivity contribution is -0.123. The Labute approximate surface area is 127 Å². The Morgan fingerprint density at radius 3 is 2.52 bits per heavy atom. The Kier molecular flexibility index (Phi) is 5.51. The number of hydrogen-bond acceptors (Lipinski definition) is 2. The van der Waals surface area contributed by atoms with E-state index in [1.54, 1.807) is 0 Å². The molecule has 1 aromatic carbocycles. The molecule has 2 heteroatoms. The summed E-state index contributed by atoms with van der Waals surface area (Å²) in [5, 5.41) is 0. The summed E-state index contributed by atoms with van der Waals surface area (Å²) in [7, 11) is 0. The summed E-state index contributed by atoms with van der Waals surface area (Å²) in [5.74, 6) is 0.219. The van der Waals surface area contributed by atoms with Gasteiger partial charge in [0.05, 0.1) is 6.04 Å². The Hall–Kier alpha value is -1.67. The summed E-state index contributed by atoms with van der Waals surface area (Å²) in [6.07, 6.45) is 10.4. The average molecular weight is 283 g/mol. The van der Waals surface area contributed by atoms with E-state index >= 15 is 0 Å². The van der Waals surface area contributed by atoms with Crippen LogP contribution in [0.2, 0.25) is 0 Å². The lowest BCUT2D eigenvalue weighted by atomic mass is 9.92. The number of allylic oxidation sites excluding steroid dienone is 4. The molecule has 0 saturated heterocycles. The van der Waals surface area contributed by atoms with Crippen LogP contribution in [0.1, 0.15) is 44.2 Å². The van der Waals surface area contributed by atoms with Crippen LogP contribution in [0.25, 0.3) is 5.57 Å². The summed E-state index contributed by atoms with van der Waals surface area (Å²) in [4.78, 5) is 12.0. The summed E-state index contributed by atoms with van der Waals surface area (Å²) in [5.41, 5.74) is 9.68. The van der Waals surface area contributed by atoms with E-state index in [-0.39, 0.29) is 17.7 Å². The minimum Gasteiger partial charge on any atom is -0.321 e. The first kappa shape index (κ1) is 15.7. The number of Topliss-reactive ketones (excluding diaryl/α,β-unsaturated/α-hetero) is 1. The maximum atomic E-state index is 12.0. The molecule has 2 rings (SSSR count). The van der Waals surface area contributed by atoms with Gasteiger partial charge < -0.3 is 5.73 Å². The van der Waals surface area contributed by atoms with E-state index in [1.807, 2.05) is 13.8 Å². The molecule has 2 N–H and O–H groups in total. The van der Waals surface area contributed by atoms with Crippen LogP contribution in [0.5, 0.6) is 0 Å². The smallest absolute Gasteiger partial charge is 0.152 e. The molecule has 1 unspecified atom stereocenters. The van der Waals surface area contributed by atoms with Gasteiger partial charge in [0.2, 0.25) is 0 Å². The first-order valence-electron chi connectivity index (χ1n) is 7.87. The molecular weight excluding hydrogens is 258 g/mol. The molecule has 0 amide bonds. The van der Waals surface area contributed by atoms with Crippen molar-refractivity contribution in [3.05, 3.63) is 53.6 Å². The third kappa shape index (κ3) is 4.15. The summed E-state index contributed by atoms with van der Waals surface area (Å²) < 4.78 is 0. The van der Waals surface area contributed by atoms with Crippen molar-refractivity contribution in [2.75, 3.05) is 0 Å². The lowest BCUT2D eigenvalue weighted by Gasteiger charge is -2.15. The fourth-order valence-electron chi connectivity index (χ4n) is 2.58. The fourth-order valence-corrected chi connectivity index (χ4v) is 2.58. The molecule has 0 saturated carbocycles. The molecule has 1 aliphatic carbocycles. The molecule has 1 aliphatic rings. The fraction of sp³-hybridized carbons (Fsp3) is 0.421. The van der Waals surface area contributed by atoms with Crippen LogP contribution in [0.15, 0.2) is 42.5 Å². The van der Waals surface area contributed by atoms with Crippen LogP contribution in [0, 0.1) is 5.92 Å². The van der Waals surface area contributed by atoms with Crippen LogP contribution >= 0.6 is 0 Å². The standard InChI is InChI=1S/C19H25NO/c1-3-14(2)19(21)18(20)13-15-9-11-17(12-10-15)16-7-5-4-6-8-16/h5,7-12,14,18H,3-4,6,13,20H2,1-2H3/t14?,18-/m0/s1. The summed E-state index contributed by atoms with van der Waals surface area (Å²) in [6, 6.07) is 8.03. The molecule has 2 nitrogen and oxygen atoms in total. The zero-order chi connectivity index (χ0) is 15.2. The van der Waals surface area contributed by atoms with Crippen molar-refractivity contribution in [2.45, 2.75) is 45.6 Å². The highest BCUT2D eigenvalue weighted by atomic mass is 16.1. The van der Waals surface area contributed by atoms with Gasteiger partial charge in [0.15, 0.2) is 5.78 Å². The normalized spacial score (nSPS) is 17.2. The van der Waals surface area contributed by atoms with E-state index in [0.717, 1.165) is 24.8 Å². The molecule has 0 bridgehead atoms. The third-order valence-corrected chi connectivity index (χ3v) is 4.20. The molecular formula is C19H25NO. The van der Waals surface area contributed by atoms with Gasteiger partial charge in [0, 0.05) is 5.92 Å². The number of carbonyl (C=O) groups is 1. The molecule has 2 atom stereocenters. The van der Waals surface area contributed by atoms with Gasteiger partial charge in [-0.3, -0.25) is 4.79 Å². The molecule has 0 aromatic heterocycles. The highest BCUT2D eigenvalue weighted by Gasteiger charge is 2.19. The van der Waals surface area contributed by atoms with Gasteiger partial charge in [0.1, 0.15) is 0 Å². The number of carbonyl (C=O) groups excluding carboxylic acids is 1. The van der Waals surface area contributed by atoms with Crippen LogP contribution in [-0.2, 0) is 11.2 Å². The number of rotatable bonds is 6. The average Bonchev–Trinajstić information content (AvgIpc) is 2.54. The second-order valence-corrected chi connectivity index (χ2v) is 5.86. The minimum absolute atomic E-state index is 0.0526. The van der Waals surface area contributed by atoms with Crippen molar-refractivity contribution in [1.29, 1.82) is 0 Å². The van der Waals surface area contributed by atoms with Crippen molar-refractivity contribution in [2.24, 2.45) is 11.7 Å². The van der Waals surface area contributed by atoms with Crippen LogP contribution < -0.4 is 5.73 Å². The van der Waals surface area contributed by atoms with Crippen LogP contribution in [0.4, 0.5) is 0 Å². The van der Waals surface area contributed by atoms with Gasteiger partial charge in [-0.05, 0) is 42.4 Å². The maximum absolute atomic E-state index is 12.0. The monoisotopic (exact) mass is 283 g/mol. The summed E-state index contributed by atoms with van der Waals surface area (Å²) >= 11 is 0. The molecule has 112 valence electrons. The molecule has 21 heavy (non-hydrogen) atoms. The van der Waals surface area contributed by atoms with Gasteiger partial charge in [-0.2, -0.15) is 0 Å². The third-order valence-electron chi connectivity index (χ3n) is 4.20. The van der Waals surface area contributed by atoms with E-state index in [2.05, 4.69) is 42.5 Å². The highest BCUT2D eigenvalue weighted by Crippen LogP contribution is 2.22. The second-order valence-electron chi connectivity index (χ2n) is 5.86. The number of benzene rings is 1. The molecule has 0 spiro atoms. The second kappa shape index (κ2) is 7.37. The van der Waals surface area contributed by atoms with Crippen molar-refractivity contribution in [3.63, 3.8) is 0 Å². The van der Waals surface area contributed by atoms with Crippen molar-refractivity contribution >= 4 is 11.4 Å². The van der Waals surface area contributed by atoms with Crippen LogP contribution in [-0.4, -0.2) is 11.8 Å². The molecule has 0 heterocycles. The van der Waals surface area contributed by atoms with E-state index < -0.39 is 0 Å². The van der Waals surface area contributed by atoms with Gasteiger partial charge in [-0.15, -0.1) is 0 Å². The zero-order valence-corrected chi connectivity index (χ0v) is 13.0. The molecule has 1 aromatic rings. The predicted octanol–water partition coefficient (Wildman–Crippen LogP) is 3.91. The molecule has 0 radical (unpaired) electrons. The number of ketones is 1. The number of hydrogen-bond donors (Lipinski definition) is 1. The quantitative estimate of drug-likeness (QED) is 0.860. The van der Waals surface area contributed by atoms with Gasteiger partial charge in [-0.1, -0.05) is 56.3 Å². The van der Waals surface area contributed by atoms with Crippen molar-refractivity contribution < 1.29 is 4.79 Å². The predicted molar refractivity (Wildman–Crippen MR) is 88.9 cm³/mol. The van der Waals surface area contributed by atoms with Gasteiger partial charge in [0.25, 0.3) is 0 Å². The SMILES string of the molecule is CCC(C)C(=O)[C@@H](N)Cc1ccc(C2=CCCC=C2)cc1. The van der Waals surface area contributed by atoms with E-state index in [4.69, 9.17) is 5.73 Å². The van der Waals surface area contributed by atoms with Crippen molar-refractivity contribution in [1.82, 2.24) is 0 Å². The Balaban J connectivity index is 2.01. The van der Waals surface area contributed by atoms with E-state index in [9.17, 15) is 4.79 Å². The Morgan fingerprint density at radius 2 is 1.95 bits per heavy atom. The first-order valence-corrected chi connectivity index (χ1v) is 7.87. The molecule has 0 aliphatic heterocycles. The van der Waals surface area contributed by atoms with Crippen molar-refractivity contribution in [3.8, 4) is 0 Å². The Morgan fingerprint density at radius 1 is 1.24 bits per heavy atom. The first-order chi connectivity index (χ1) is 10.1.